The molecule has 1 aromatic carbocycles. The Labute approximate surface area is 99.2 Å². The smallest absolute Gasteiger partial charge is 0.0250 e. The first-order valence-corrected chi connectivity index (χ1v) is 6.93. The van der Waals surface area contributed by atoms with Gasteiger partial charge in [0.25, 0.3) is 0 Å². The molecule has 78 valence electrons. The van der Waals surface area contributed by atoms with E-state index in [9.17, 15) is 0 Å². The van der Waals surface area contributed by atoms with Crippen molar-refractivity contribution in [3.8, 4) is 0 Å². The Hall–Kier alpha value is -0.300. The van der Waals surface area contributed by atoms with E-state index in [1.165, 1.54) is 49.4 Å². The summed E-state index contributed by atoms with van der Waals surface area (Å²) >= 11 is 3.90. The lowest BCUT2D eigenvalue weighted by Crippen LogP contribution is -2.03. The molecule has 0 radical (unpaired) electrons. The van der Waals surface area contributed by atoms with E-state index in [-0.39, 0.29) is 0 Å². The zero-order valence-electron chi connectivity index (χ0n) is 8.91. The Morgan fingerprint density at radius 2 is 1.87 bits per heavy atom. The molecule has 1 spiro atoms. The van der Waals surface area contributed by atoms with Crippen molar-refractivity contribution in [3.05, 3.63) is 32.8 Å². The monoisotopic (exact) mass is 262 g/mol. The summed E-state index contributed by atoms with van der Waals surface area (Å²) in [4.78, 5) is 0. The van der Waals surface area contributed by atoms with E-state index in [2.05, 4.69) is 22.0 Å². The molecule has 3 aliphatic carbocycles. The molecule has 4 rings (SSSR count). The minimum Gasteiger partial charge on any atom is -0.0552 e. The first-order valence-electron chi connectivity index (χ1n) is 6.14. The summed E-state index contributed by atoms with van der Waals surface area (Å²) in [6.07, 6.45) is 9.62. The molecule has 1 fully saturated rings. The van der Waals surface area contributed by atoms with Gasteiger partial charge < -0.3 is 0 Å². The van der Waals surface area contributed by atoms with Crippen LogP contribution in [0.3, 0.4) is 0 Å². The SMILES string of the molecule is Brc1c2c(cc3c1C1(CC3)CC1)CCC2. The molecule has 0 aromatic heterocycles. The van der Waals surface area contributed by atoms with Crippen LogP contribution in [-0.4, -0.2) is 0 Å². The van der Waals surface area contributed by atoms with Crippen LogP contribution in [0.1, 0.15) is 47.9 Å². The van der Waals surface area contributed by atoms with Crippen LogP contribution in [-0.2, 0) is 24.7 Å². The van der Waals surface area contributed by atoms with Gasteiger partial charge in [-0.15, -0.1) is 0 Å². The summed E-state index contributed by atoms with van der Waals surface area (Å²) in [5.41, 5.74) is 7.29. The predicted octanol–water partition coefficient (Wildman–Crippen LogP) is 3.92. The van der Waals surface area contributed by atoms with Gasteiger partial charge in [0.1, 0.15) is 0 Å². The first-order chi connectivity index (χ1) is 7.30. The number of halogens is 1. The second-order valence-corrected chi connectivity index (χ2v) is 6.29. The fourth-order valence-corrected chi connectivity index (χ4v) is 4.80. The second kappa shape index (κ2) is 2.68. The molecule has 0 N–H and O–H groups in total. The molecule has 0 unspecified atom stereocenters. The molecular weight excluding hydrogens is 248 g/mol. The normalized spacial score (nSPS) is 24.3. The topological polar surface area (TPSA) is 0 Å². The molecule has 0 aliphatic heterocycles. The summed E-state index contributed by atoms with van der Waals surface area (Å²) in [6.45, 7) is 0. The van der Waals surface area contributed by atoms with Crippen LogP contribution in [0.15, 0.2) is 10.5 Å². The van der Waals surface area contributed by atoms with Crippen molar-refractivity contribution < 1.29 is 0 Å². The van der Waals surface area contributed by atoms with E-state index in [0.29, 0.717) is 5.41 Å². The van der Waals surface area contributed by atoms with Gasteiger partial charge in [-0.1, -0.05) is 22.0 Å². The average molecular weight is 263 g/mol. The minimum atomic E-state index is 0.631. The quantitative estimate of drug-likeness (QED) is 0.665. The highest BCUT2D eigenvalue weighted by molar-refractivity contribution is 9.10. The molecule has 3 aliphatic rings. The Bertz CT molecular complexity index is 455. The van der Waals surface area contributed by atoms with Crippen LogP contribution in [0, 0.1) is 0 Å². The highest BCUT2D eigenvalue weighted by atomic mass is 79.9. The van der Waals surface area contributed by atoms with Gasteiger partial charge in [0.2, 0.25) is 0 Å². The molecule has 0 nitrogen and oxygen atoms in total. The molecule has 0 saturated heterocycles. The minimum absolute atomic E-state index is 0.631. The number of fused-ring (bicyclic) bond motifs is 3. The number of benzene rings is 1. The van der Waals surface area contributed by atoms with E-state index < -0.39 is 0 Å². The third-order valence-electron chi connectivity index (χ3n) is 4.67. The van der Waals surface area contributed by atoms with Crippen LogP contribution in [0.2, 0.25) is 0 Å². The molecule has 0 atom stereocenters. The van der Waals surface area contributed by atoms with Crippen LogP contribution in [0.5, 0.6) is 0 Å². The number of hydrogen-bond acceptors (Lipinski definition) is 0. The fourth-order valence-electron chi connectivity index (χ4n) is 3.67. The molecule has 1 heteroatoms. The summed E-state index contributed by atoms with van der Waals surface area (Å²) in [5, 5.41) is 0. The average Bonchev–Trinajstić information content (AvgIpc) is 2.71. The summed E-state index contributed by atoms with van der Waals surface area (Å²) in [6, 6.07) is 2.52. The zero-order chi connectivity index (χ0) is 10.0. The lowest BCUT2D eigenvalue weighted by Gasteiger charge is -2.14. The molecule has 15 heavy (non-hydrogen) atoms. The third-order valence-corrected chi connectivity index (χ3v) is 5.55. The number of hydrogen-bond donors (Lipinski definition) is 0. The van der Waals surface area contributed by atoms with Crippen molar-refractivity contribution in [3.63, 3.8) is 0 Å². The molecule has 0 amide bonds. The molecule has 1 saturated carbocycles. The van der Waals surface area contributed by atoms with Gasteiger partial charge in [-0.2, -0.15) is 0 Å². The highest BCUT2D eigenvalue weighted by Crippen LogP contribution is 2.59. The summed E-state index contributed by atoms with van der Waals surface area (Å²) < 4.78 is 1.50. The van der Waals surface area contributed by atoms with Crippen LogP contribution in [0.4, 0.5) is 0 Å². The maximum atomic E-state index is 3.90. The molecule has 0 bridgehead atoms. The Kier molecular flexibility index (Phi) is 1.58. The van der Waals surface area contributed by atoms with E-state index >= 15 is 0 Å². The van der Waals surface area contributed by atoms with Crippen molar-refractivity contribution in [2.75, 3.05) is 0 Å². The number of aryl methyl sites for hydroxylation is 2. The van der Waals surface area contributed by atoms with Gasteiger partial charge in [0.15, 0.2) is 0 Å². The zero-order valence-corrected chi connectivity index (χ0v) is 10.5. The van der Waals surface area contributed by atoms with E-state index in [0.717, 1.165) is 0 Å². The van der Waals surface area contributed by atoms with Gasteiger partial charge in [0.05, 0.1) is 0 Å². The molecular formula is C14H15Br. The Morgan fingerprint density at radius 3 is 2.67 bits per heavy atom. The van der Waals surface area contributed by atoms with E-state index in [1.54, 1.807) is 22.3 Å². The lowest BCUT2D eigenvalue weighted by molar-refractivity contribution is 0.678. The van der Waals surface area contributed by atoms with Crippen LogP contribution in [0.25, 0.3) is 0 Å². The standard InChI is InChI=1S/C14H15Br/c15-13-11-3-1-2-9(11)8-10-4-5-14(6-7-14)12(10)13/h8H,1-7H2. The highest BCUT2D eigenvalue weighted by Gasteiger charge is 2.50. The maximum Gasteiger partial charge on any atom is 0.0250 e. The van der Waals surface area contributed by atoms with E-state index in [4.69, 9.17) is 0 Å². The van der Waals surface area contributed by atoms with Gasteiger partial charge in [-0.25, -0.2) is 0 Å². The fraction of sp³-hybridized carbons (Fsp3) is 0.571. The first kappa shape index (κ1) is 8.81. The van der Waals surface area contributed by atoms with Crippen molar-refractivity contribution in [1.29, 1.82) is 0 Å². The van der Waals surface area contributed by atoms with Crippen molar-refractivity contribution in [2.24, 2.45) is 0 Å². The number of rotatable bonds is 0. The predicted molar refractivity (Wildman–Crippen MR) is 65.4 cm³/mol. The third kappa shape index (κ3) is 1.03. The lowest BCUT2D eigenvalue weighted by atomic mass is 9.95. The van der Waals surface area contributed by atoms with Crippen molar-refractivity contribution in [1.82, 2.24) is 0 Å². The Balaban J connectivity index is 2.01. The van der Waals surface area contributed by atoms with Gasteiger partial charge in [-0.3, -0.25) is 0 Å². The van der Waals surface area contributed by atoms with E-state index in [1.807, 2.05) is 0 Å². The summed E-state index contributed by atoms with van der Waals surface area (Å²) in [7, 11) is 0. The van der Waals surface area contributed by atoms with Gasteiger partial charge >= 0.3 is 0 Å². The Morgan fingerprint density at radius 1 is 1.00 bits per heavy atom. The van der Waals surface area contributed by atoms with Crippen LogP contribution >= 0.6 is 15.9 Å². The largest absolute Gasteiger partial charge is 0.0552 e. The van der Waals surface area contributed by atoms with Gasteiger partial charge in [-0.05, 0) is 72.6 Å². The molecule has 0 heterocycles. The second-order valence-electron chi connectivity index (χ2n) is 5.50. The van der Waals surface area contributed by atoms with Crippen molar-refractivity contribution in [2.45, 2.75) is 50.4 Å². The van der Waals surface area contributed by atoms with Crippen molar-refractivity contribution >= 4 is 15.9 Å². The maximum absolute atomic E-state index is 3.90. The van der Waals surface area contributed by atoms with Crippen LogP contribution < -0.4 is 0 Å². The summed E-state index contributed by atoms with van der Waals surface area (Å²) in [5.74, 6) is 0. The van der Waals surface area contributed by atoms with Gasteiger partial charge in [0, 0.05) is 4.47 Å². The molecule has 1 aromatic rings.